The van der Waals surface area contributed by atoms with E-state index in [1.807, 2.05) is 0 Å². The summed E-state index contributed by atoms with van der Waals surface area (Å²) in [6.45, 7) is 6.47. The van der Waals surface area contributed by atoms with Crippen LogP contribution in [0.5, 0.6) is 0 Å². The van der Waals surface area contributed by atoms with Gasteiger partial charge in [-0.15, -0.1) is 0 Å². The molecule has 400 valence electrons. The van der Waals surface area contributed by atoms with Crippen molar-refractivity contribution in [2.24, 2.45) is 0 Å². The zero-order valence-electron chi connectivity index (χ0n) is 45.8. The molecule has 0 aliphatic rings. The molecule has 0 amide bonds. The van der Waals surface area contributed by atoms with Crippen LogP contribution in [0.3, 0.4) is 0 Å². The van der Waals surface area contributed by atoms with Gasteiger partial charge in [-0.25, -0.2) is 0 Å². The number of esters is 3. The summed E-state index contributed by atoms with van der Waals surface area (Å²) in [6.07, 6.45) is 76.9. The third-order valence-corrected chi connectivity index (χ3v) is 12.3. The Morgan fingerprint density at radius 2 is 0.557 bits per heavy atom. The number of unbranched alkanes of at least 4 members (excludes halogenated alkanes) is 25. The summed E-state index contributed by atoms with van der Waals surface area (Å²) in [6, 6.07) is 0. The highest BCUT2D eigenvalue weighted by Gasteiger charge is 2.19. The fourth-order valence-corrected chi connectivity index (χ4v) is 7.95. The van der Waals surface area contributed by atoms with Crippen LogP contribution in [0.4, 0.5) is 0 Å². The lowest BCUT2D eigenvalue weighted by atomic mass is 10.1. The van der Waals surface area contributed by atoms with Gasteiger partial charge >= 0.3 is 17.9 Å². The molecule has 0 N–H and O–H groups in total. The monoisotopic (exact) mass is 973 g/mol. The van der Waals surface area contributed by atoms with Crippen LogP contribution in [-0.2, 0) is 28.6 Å². The van der Waals surface area contributed by atoms with Crippen LogP contribution in [0.25, 0.3) is 0 Å². The first-order valence-corrected chi connectivity index (χ1v) is 29.2. The first-order valence-electron chi connectivity index (χ1n) is 29.2. The van der Waals surface area contributed by atoms with Gasteiger partial charge in [0.15, 0.2) is 6.10 Å². The first-order chi connectivity index (χ1) is 34.5. The van der Waals surface area contributed by atoms with Crippen molar-refractivity contribution in [3.8, 4) is 0 Å². The lowest BCUT2D eigenvalue weighted by Gasteiger charge is -2.18. The van der Waals surface area contributed by atoms with Crippen LogP contribution in [0.15, 0.2) is 97.2 Å². The van der Waals surface area contributed by atoms with E-state index in [-0.39, 0.29) is 31.1 Å². The fraction of sp³-hybridized carbons (Fsp3) is 0.703. The first kappa shape index (κ1) is 66.3. The zero-order valence-corrected chi connectivity index (χ0v) is 45.8. The van der Waals surface area contributed by atoms with Gasteiger partial charge in [0.05, 0.1) is 0 Å². The number of carbonyl (C=O) groups excluding carboxylic acids is 3. The van der Waals surface area contributed by atoms with Crippen LogP contribution in [-0.4, -0.2) is 37.2 Å². The number of ether oxygens (including phenoxy) is 3. The van der Waals surface area contributed by atoms with Crippen molar-refractivity contribution in [2.45, 2.75) is 277 Å². The van der Waals surface area contributed by atoms with Crippen molar-refractivity contribution < 1.29 is 28.6 Å². The SMILES string of the molecule is CC/C=C\C/C=C\C/C=C\C/C=C\C/C=C\CCCCCCCCCC(=O)OCC(COC(=O)CCCCCCCCCC)OC(=O)CCCCCCCC/C=C\C/C=C\C/C=C\CCCCCCC. The molecule has 0 heterocycles. The molecular formula is C64H108O6. The predicted octanol–water partition coefficient (Wildman–Crippen LogP) is 19.7. The second-order valence-corrected chi connectivity index (χ2v) is 19.2. The number of allylic oxidation sites excluding steroid dienone is 16. The van der Waals surface area contributed by atoms with Crippen molar-refractivity contribution in [1.29, 1.82) is 0 Å². The second-order valence-electron chi connectivity index (χ2n) is 19.2. The van der Waals surface area contributed by atoms with Gasteiger partial charge < -0.3 is 14.2 Å². The highest BCUT2D eigenvalue weighted by atomic mass is 16.6. The van der Waals surface area contributed by atoms with E-state index < -0.39 is 6.10 Å². The molecule has 6 heteroatoms. The number of hydrogen-bond acceptors (Lipinski definition) is 6. The van der Waals surface area contributed by atoms with E-state index in [0.29, 0.717) is 19.3 Å². The zero-order chi connectivity index (χ0) is 50.7. The molecule has 0 aliphatic carbocycles. The molecule has 6 nitrogen and oxygen atoms in total. The lowest BCUT2D eigenvalue weighted by molar-refractivity contribution is -0.167. The molecule has 0 fully saturated rings. The highest BCUT2D eigenvalue weighted by molar-refractivity contribution is 5.71. The van der Waals surface area contributed by atoms with Gasteiger partial charge in [0.25, 0.3) is 0 Å². The molecule has 1 unspecified atom stereocenters. The largest absolute Gasteiger partial charge is 0.462 e. The Balaban J connectivity index is 4.30. The molecule has 1 atom stereocenters. The molecule has 0 saturated heterocycles. The topological polar surface area (TPSA) is 78.9 Å². The van der Waals surface area contributed by atoms with Crippen LogP contribution in [0.2, 0.25) is 0 Å². The van der Waals surface area contributed by atoms with Crippen LogP contribution in [0.1, 0.15) is 271 Å². The van der Waals surface area contributed by atoms with Crippen LogP contribution >= 0.6 is 0 Å². The van der Waals surface area contributed by atoms with Gasteiger partial charge in [-0.2, -0.15) is 0 Å². The van der Waals surface area contributed by atoms with E-state index in [9.17, 15) is 14.4 Å². The summed E-state index contributed by atoms with van der Waals surface area (Å²) in [4.78, 5) is 38.0. The van der Waals surface area contributed by atoms with E-state index in [1.165, 1.54) is 109 Å². The number of hydrogen-bond donors (Lipinski definition) is 0. The smallest absolute Gasteiger partial charge is 0.306 e. The van der Waals surface area contributed by atoms with E-state index in [0.717, 1.165) is 122 Å². The Labute approximate surface area is 432 Å². The average Bonchev–Trinajstić information content (AvgIpc) is 3.36. The summed E-state index contributed by atoms with van der Waals surface area (Å²) in [7, 11) is 0. The summed E-state index contributed by atoms with van der Waals surface area (Å²) >= 11 is 0. The Morgan fingerprint density at radius 1 is 0.300 bits per heavy atom. The van der Waals surface area contributed by atoms with Gasteiger partial charge in [-0.05, 0) is 103 Å². The summed E-state index contributed by atoms with van der Waals surface area (Å²) in [5.74, 6) is -0.911. The molecule has 0 aromatic heterocycles. The minimum Gasteiger partial charge on any atom is -0.462 e. The molecule has 0 bridgehead atoms. The normalized spacial score (nSPS) is 12.8. The third-order valence-electron chi connectivity index (χ3n) is 12.3. The van der Waals surface area contributed by atoms with Gasteiger partial charge in [-0.1, -0.05) is 246 Å². The van der Waals surface area contributed by atoms with Gasteiger partial charge in [0.2, 0.25) is 0 Å². The maximum atomic E-state index is 12.8. The molecule has 0 rings (SSSR count). The van der Waals surface area contributed by atoms with Gasteiger partial charge in [0.1, 0.15) is 13.2 Å². The summed E-state index contributed by atoms with van der Waals surface area (Å²) in [5.41, 5.74) is 0. The molecule has 0 aliphatic heterocycles. The highest BCUT2D eigenvalue weighted by Crippen LogP contribution is 2.14. The quantitative estimate of drug-likeness (QED) is 0.0262. The fourth-order valence-electron chi connectivity index (χ4n) is 7.95. The molecule has 0 aromatic rings. The van der Waals surface area contributed by atoms with Crippen LogP contribution in [0, 0.1) is 0 Å². The molecule has 0 spiro atoms. The third kappa shape index (κ3) is 55.3. The van der Waals surface area contributed by atoms with Crippen molar-refractivity contribution >= 4 is 17.9 Å². The van der Waals surface area contributed by atoms with Gasteiger partial charge in [-0.3, -0.25) is 14.4 Å². The molecular weight excluding hydrogens is 865 g/mol. The minimum atomic E-state index is -0.788. The number of rotatable bonds is 52. The lowest BCUT2D eigenvalue weighted by Crippen LogP contribution is -2.30. The second kappa shape index (κ2) is 57.9. The molecule has 0 radical (unpaired) electrons. The maximum Gasteiger partial charge on any atom is 0.306 e. The van der Waals surface area contributed by atoms with E-state index in [2.05, 4.69) is 118 Å². The summed E-state index contributed by atoms with van der Waals surface area (Å²) in [5, 5.41) is 0. The standard InChI is InChI=1S/C64H108O6/c1-4-7-10-13-16-19-21-23-25-27-29-31-32-34-35-37-39-41-43-45-48-51-54-57-63(66)69-60-61(59-68-62(65)56-53-50-47-18-15-12-9-6-3)70-64(67)58-55-52-49-46-44-42-40-38-36-33-30-28-26-24-22-20-17-14-11-8-5-2/h7,10,16,19,22-25,28-31,34-36,38,61H,4-6,8-9,11-15,17-18,20-21,26-27,32-33,37,39-60H2,1-3H3/b10-7-,19-16-,24-22-,25-23-,30-28-,31-29-,35-34-,38-36-. The van der Waals surface area contributed by atoms with E-state index >= 15 is 0 Å². The Hall–Kier alpha value is -3.67. The number of carbonyl (C=O) groups is 3. The average molecular weight is 974 g/mol. The maximum absolute atomic E-state index is 12.8. The Morgan fingerprint density at radius 3 is 0.871 bits per heavy atom. The van der Waals surface area contributed by atoms with Crippen molar-refractivity contribution in [2.75, 3.05) is 13.2 Å². The predicted molar refractivity (Wildman–Crippen MR) is 302 cm³/mol. The Kier molecular flexibility index (Phi) is 54.9. The van der Waals surface area contributed by atoms with Crippen LogP contribution < -0.4 is 0 Å². The van der Waals surface area contributed by atoms with Crippen molar-refractivity contribution in [3.05, 3.63) is 97.2 Å². The molecule has 70 heavy (non-hydrogen) atoms. The van der Waals surface area contributed by atoms with E-state index in [4.69, 9.17) is 14.2 Å². The molecule has 0 saturated carbocycles. The summed E-state index contributed by atoms with van der Waals surface area (Å²) < 4.78 is 16.8. The van der Waals surface area contributed by atoms with Crippen molar-refractivity contribution in [1.82, 2.24) is 0 Å². The van der Waals surface area contributed by atoms with E-state index in [1.54, 1.807) is 0 Å². The minimum absolute atomic E-state index is 0.0860. The Bertz CT molecular complexity index is 1400. The van der Waals surface area contributed by atoms with Gasteiger partial charge in [0, 0.05) is 19.3 Å². The van der Waals surface area contributed by atoms with Crippen molar-refractivity contribution in [3.63, 3.8) is 0 Å². The molecule has 0 aromatic carbocycles.